The predicted molar refractivity (Wildman–Crippen MR) is 101 cm³/mol. The third-order valence-electron chi connectivity index (χ3n) is 3.91. The number of aryl methyl sites for hydroxylation is 1. The Morgan fingerprint density at radius 2 is 1.79 bits per heavy atom. The summed E-state index contributed by atoms with van der Waals surface area (Å²) in [4.78, 5) is 4.72. The molecule has 0 aliphatic heterocycles. The van der Waals surface area contributed by atoms with E-state index in [0.717, 1.165) is 36.0 Å². The molecule has 0 fully saturated rings. The SMILES string of the molecule is COc1ccc(CCNCc2csc(-c3ccc(C)cc3)n2)cc1. The van der Waals surface area contributed by atoms with Crippen LogP contribution in [0, 0.1) is 6.92 Å². The minimum atomic E-state index is 0.804. The Morgan fingerprint density at radius 1 is 1.04 bits per heavy atom. The van der Waals surface area contributed by atoms with Crippen molar-refractivity contribution in [3.05, 3.63) is 70.7 Å². The second kappa shape index (κ2) is 8.08. The van der Waals surface area contributed by atoms with E-state index >= 15 is 0 Å². The van der Waals surface area contributed by atoms with Crippen LogP contribution in [0.4, 0.5) is 0 Å². The van der Waals surface area contributed by atoms with Crippen LogP contribution in [0.25, 0.3) is 10.6 Å². The van der Waals surface area contributed by atoms with Crippen LogP contribution in [-0.2, 0) is 13.0 Å². The molecule has 0 spiro atoms. The number of thiazole rings is 1. The molecule has 3 nitrogen and oxygen atoms in total. The van der Waals surface area contributed by atoms with Gasteiger partial charge in [0.25, 0.3) is 0 Å². The van der Waals surface area contributed by atoms with Gasteiger partial charge in [0.15, 0.2) is 0 Å². The van der Waals surface area contributed by atoms with Crippen LogP contribution in [0.5, 0.6) is 5.75 Å². The van der Waals surface area contributed by atoms with E-state index in [9.17, 15) is 0 Å². The molecule has 1 aromatic heterocycles. The molecule has 0 amide bonds. The first-order valence-electron chi connectivity index (χ1n) is 8.10. The van der Waals surface area contributed by atoms with E-state index in [4.69, 9.17) is 9.72 Å². The quantitative estimate of drug-likeness (QED) is 0.646. The molecular weight excluding hydrogens is 316 g/mol. The second-order valence-electron chi connectivity index (χ2n) is 5.78. The Balaban J connectivity index is 1.47. The van der Waals surface area contributed by atoms with Gasteiger partial charge in [0.1, 0.15) is 10.8 Å². The normalized spacial score (nSPS) is 10.8. The van der Waals surface area contributed by atoms with E-state index in [1.54, 1.807) is 18.4 Å². The molecule has 2 aromatic carbocycles. The first kappa shape index (κ1) is 16.7. The van der Waals surface area contributed by atoms with Crippen molar-refractivity contribution < 1.29 is 4.74 Å². The first-order chi connectivity index (χ1) is 11.7. The molecule has 0 unspecified atom stereocenters. The highest BCUT2D eigenvalue weighted by atomic mass is 32.1. The van der Waals surface area contributed by atoms with E-state index in [1.807, 2.05) is 12.1 Å². The lowest BCUT2D eigenvalue weighted by Gasteiger charge is -2.04. The van der Waals surface area contributed by atoms with Crippen molar-refractivity contribution in [3.8, 4) is 16.3 Å². The predicted octanol–water partition coefficient (Wildman–Crippen LogP) is 4.46. The second-order valence-corrected chi connectivity index (χ2v) is 6.64. The topological polar surface area (TPSA) is 34.1 Å². The van der Waals surface area contributed by atoms with Gasteiger partial charge in [-0.1, -0.05) is 42.0 Å². The summed E-state index contributed by atoms with van der Waals surface area (Å²) in [5.74, 6) is 0.901. The zero-order valence-corrected chi connectivity index (χ0v) is 14.9. The van der Waals surface area contributed by atoms with Gasteiger partial charge in [-0.3, -0.25) is 0 Å². The lowest BCUT2D eigenvalue weighted by atomic mass is 10.1. The van der Waals surface area contributed by atoms with Gasteiger partial charge in [0.05, 0.1) is 12.8 Å². The Labute approximate surface area is 147 Å². The first-order valence-corrected chi connectivity index (χ1v) is 8.97. The number of rotatable bonds is 7. The van der Waals surface area contributed by atoms with Crippen LogP contribution in [0.1, 0.15) is 16.8 Å². The summed E-state index contributed by atoms with van der Waals surface area (Å²) >= 11 is 1.70. The monoisotopic (exact) mass is 338 g/mol. The lowest BCUT2D eigenvalue weighted by Crippen LogP contribution is -2.16. The molecule has 3 aromatic rings. The number of ether oxygens (including phenoxy) is 1. The standard InChI is InChI=1S/C20H22N2OS/c1-15-3-7-17(8-4-15)20-22-18(14-24-20)13-21-12-11-16-5-9-19(23-2)10-6-16/h3-10,14,21H,11-13H2,1-2H3. The fraction of sp³-hybridized carbons (Fsp3) is 0.250. The number of nitrogens with one attached hydrogen (secondary N) is 1. The van der Waals surface area contributed by atoms with Crippen molar-refractivity contribution in [2.45, 2.75) is 19.9 Å². The zero-order valence-electron chi connectivity index (χ0n) is 14.1. The van der Waals surface area contributed by atoms with Crippen molar-refractivity contribution >= 4 is 11.3 Å². The summed E-state index contributed by atoms with van der Waals surface area (Å²) in [5.41, 5.74) is 4.87. The van der Waals surface area contributed by atoms with Gasteiger partial charge in [-0.2, -0.15) is 0 Å². The van der Waals surface area contributed by atoms with E-state index in [-0.39, 0.29) is 0 Å². The third kappa shape index (κ3) is 4.43. The highest BCUT2D eigenvalue weighted by molar-refractivity contribution is 7.13. The van der Waals surface area contributed by atoms with E-state index < -0.39 is 0 Å². The number of benzene rings is 2. The summed E-state index contributed by atoms with van der Waals surface area (Å²) in [6.07, 6.45) is 0.999. The van der Waals surface area contributed by atoms with Crippen LogP contribution in [-0.4, -0.2) is 18.6 Å². The maximum absolute atomic E-state index is 5.18. The summed E-state index contributed by atoms with van der Waals surface area (Å²) in [5, 5.41) is 6.69. The molecule has 3 rings (SSSR count). The maximum atomic E-state index is 5.18. The van der Waals surface area contributed by atoms with Crippen molar-refractivity contribution in [2.24, 2.45) is 0 Å². The largest absolute Gasteiger partial charge is 0.497 e. The number of hydrogen-bond acceptors (Lipinski definition) is 4. The molecule has 124 valence electrons. The summed E-state index contributed by atoms with van der Waals surface area (Å²) < 4.78 is 5.18. The maximum Gasteiger partial charge on any atom is 0.123 e. The molecule has 24 heavy (non-hydrogen) atoms. The van der Waals surface area contributed by atoms with Crippen molar-refractivity contribution in [3.63, 3.8) is 0 Å². The molecule has 0 aliphatic rings. The van der Waals surface area contributed by atoms with Crippen molar-refractivity contribution in [1.29, 1.82) is 0 Å². The molecule has 1 heterocycles. The van der Waals surface area contributed by atoms with Gasteiger partial charge in [-0.25, -0.2) is 4.98 Å². The molecule has 0 atom stereocenters. The lowest BCUT2D eigenvalue weighted by molar-refractivity contribution is 0.414. The van der Waals surface area contributed by atoms with Gasteiger partial charge in [-0.15, -0.1) is 11.3 Å². The summed E-state index contributed by atoms with van der Waals surface area (Å²) in [7, 11) is 1.69. The van der Waals surface area contributed by atoms with Gasteiger partial charge >= 0.3 is 0 Å². The van der Waals surface area contributed by atoms with Crippen LogP contribution in [0.3, 0.4) is 0 Å². The Morgan fingerprint density at radius 3 is 2.50 bits per heavy atom. The highest BCUT2D eigenvalue weighted by Crippen LogP contribution is 2.23. The average Bonchev–Trinajstić information content (AvgIpc) is 3.09. The van der Waals surface area contributed by atoms with E-state index in [1.165, 1.54) is 16.7 Å². The van der Waals surface area contributed by atoms with Crippen molar-refractivity contribution in [2.75, 3.05) is 13.7 Å². The Hall–Kier alpha value is -2.17. The minimum absolute atomic E-state index is 0.804. The molecule has 0 aliphatic carbocycles. The van der Waals surface area contributed by atoms with Gasteiger partial charge < -0.3 is 10.1 Å². The molecule has 1 N–H and O–H groups in total. The molecule has 4 heteroatoms. The van der Waals surface area contributed by atoms with Crippen LogP contribution in [0.2, 0.25) is 0 Å². The van der Waals surface area contributed by atoms with Crippen LogP contribution < -0.4 is 10.1 Å². The van der Waals surface area contributed by atoms with Crippen LogP contribution in [0.15, 0.2) is 53.9 Å². The number of hydrogen-bond donors (Lipinski definition) is 1. The molecule has 0 saturated carbocycles. The van der Waals surface area contributed by atoms with E-state index in [2.05, 4.69) is 54.0 Å². The minimum Gasteiger partial charge on any atom is -0.497 e. The van der Waals surface area contributed by atoms with Gasteiger partial charge in [-0.05, 0) is 37.6 Å². The third-order valence-corrected chi connectivity index (χ3v) is 4.85. The summed E-state index contributed by atoms with van der Waals surface area (Å²) in [6, 6.07) is 16.8. The Bertz CT molecular complexity index is 763. The number of aromatic nitrogens is 1. The van der Waals surface area contributed by atoms with Crippen molar-refractivity contribution in [1.82, 2.24) is 10.3 Å². The summed E-state index contributed by atoms with van der Waals surface area (Å²) in [6.45, 7) is 3.84. The molecule has 0 radical (unpaired) electrons. The Kier molecular flexibility index (Phi) is 5.62. The number of methoxy groups -OCH3 is 1. The number of nitrogens with zero attached hydrogens (tertiary/aromatic N) is 1. The average molecular weight is 338 g/mol. The van der Waals surface area contributed by atoms with Crippen LogP contribution >= 0.6 is 11.3 Å². The molecular formula is C20H22N2OS. The zero-order chi connectivity index (χ0) is 16.8. The fourth-order valence-electron chi connectivity index (χ4n) is 2.46. The van der Waals surface area contributed by atoms with E-state index in [0.29, 0.717) is 0 Å². The molecule has 0 saturated heterocycles. The fourth-order valence-corrected chi connectivity index (χ4v) is 3.28. The molecule has 0 bridgehead atoms. The van der Waals surface area contributed by atoms with Gasteiger partial charge in [0, 0.05) is 17.5 Å². The smallest absolute Gasteiger partial charge is 0.123 e. The highest BCUT2D eigenvalue weighted by Gasteiger charge is 2.04. The van der Waals surface area contributed by atoms with Gasteiger partial charge in [0.2, 0.25) is 0 Å².